The van der Waals surface area contributed by atoms with E-state index in [1.165, 1.54) is 0 Å². The van der Waals surface area contributed by atoms with Crippen LogP contribution in [0.2, 0.25) is 0 Å². The van der Waals surface area contributed by atoms with E-state index in [0.29, 0.717) is 25.7 Å². The Morgan fingerprint density at radius 3 is 2.09 bits per heavy atom. The van der Waals surface area contributed by atoms with E-state index < -0.39 is 108 Å². The number of carbonyl (C=O) groups is 3. The number of hydrogen-bond acceptors (Lipinski definition) is 14. The molecule has 6 fully saturated rings. The zero-order chi connectivity index (χ0) is 42.0. The number of carboxylic acid groups (broad SMARTS) is 2. The number of carbonyl (C=O) groups excluding carboxylic acids is 2. The van der Waals surface area contributed by atoms with Gasteiger partial charge in [-0.3, -0.25) is 9.59 Å². The van der Waals surface area contributed by atoms with Crippen molar-refractivity contribution in [1.82, 2.24) is 0 Å². The molecule has 15 nitrogen and oxygen atoms in total. The van der Waals surface area contributed by atoms with Gasteiger partial charge in [0.2, 0.25) is 0 Å². The summed E-state index contributed by atoms with van der Waals surface area (Å²) < 4.78 is 23.7. The van der Waals surface area contributed by atoms with E-state index in [2.05, 4.69) is 27.7 Å². The number of ether oxygens (including phenoxy) is 4. The van der Waals surface area contributed by atoms with E-state index in [4.69, 9.17) is 18.9 Å². The summed E-state index contributed by atoms with van der Waals surface area (Å²) in [6, 6.07) is 0. The second-order valence-corrected chi connectivity index (χ2v) is 20.6. The average Bonchev–Trinajstić information content (AvgIpc) is 3.13. The number of hydrogen-bond donors (Lipinski definition) is 7. The van der Waals surface area contributed by atoms with E-state index >= 15 is 0 Å². The van der Waals surface area contributed by atoms with E-state index in [1.54, 1.807) is 0 Å². The smallest absolute Gasteiger partial charge is 0.547 e. The van der Waals surface area contributed by atoms with Crippen LogP contribution in [-0.4, -0.2) is 128 Å². The summed E-state index contributed by atoms with van der Waals surface area (Å²) in [5, 5.41) is 85.4. The van der Waals surface area contributed by atoms with Gasteiger partial charge in [0.25, 0.3) is 0 Å². The standard InChI is InChI=1S/C42H64O15.K/c1-37(2)23-8-11-42(7)32(21(44)16-19-20-17-39(4,36(52)53)13-12-38(20,3)14-15-41(19,42)6)40(23,5)10-9-24(37)55-35-31(28(48)27(47)30(56-35)33(50)51)57-34-29(49)26(46)25(45)22(18-43)54-34;/h16,20,22-32,34-35,43,45-49H,8-15,17-18H2,1-7H3,(H,50,51)(H,52,53);/q;+1/p-1/t20-,22+,23-,24-,25+,26-,27-,28-,29+,30-,31+,32+,34-,35-,38+,39-,40-,41+,42+;/m0./s1. The Kier molecular flexibility index (Phi) is 13.0. The van der Waals surface area contributed by atoms with E-state index in [-0.39, 0.29) is 85.8 Å². The monoisotopic (exact) mass is 846 g/mol. The molecule has 0 aromatic heterocycles. The molecule has 5 aliphatic carbocycles. The molecule has 0 amide bonds. The molecule has 19 atom stereocenters. The van der Waals surface area contributed by atoms with Crippen molar-refractivity contribution in [1.29, 1.82) is 0 Å². The molecule has 0 unspecified atom stereocenters. The van der Waals surface area contributed by atoms with Crippen molar-refractivity contribution in [3.63, 3.8) is 0 Å². The van der Waals surface area contributed by atoms with E-state index in [9.17, 15) is 55.2 Å². The van der Waals surface area contributed by atoms with E-state index in [1.807, 2.05) is 26.8 Å². The Morgan fingerprint density at radius 1 is 0.810 bits per heavy atom. The predicted molar refractivity (Wildman–Crippen MR) is 196 cm³/mol. The van der Waals surface area contributed by atoms with Crippen LogP contribution in [0.25, 0.3) is 0 Å². The van der Waals surface area contributed by atoms with Gasteiger partial charge in [0.15, 0.2) is 18.4 Å². The minimum absolute atomic E-state index is 0. The van der Waals surface area contributed by atoms with Crippen LogP contribution < -0.4 is 56.5 Å². The summed E-state index contributed by atoms with van der Waals surface area (Å²) >= 11 is 0. The summed E-state index contributed by atoms with van der Waals surface area (Å²) in [6.45, 7) is 14.2. The van der Waals surface area contributed by atoms with Crippen LogP contribution in [-0.2, 0) is 33.3 Å². The first kappa shape index (κ1) is 47.1. The molecule has 2 heterocycles. The van der Waals surface area contributed by atoms with Crippen molar-refractivity contribution >= 4 is 17.7 Å². The van der Waals surface area contributed by atoms with Gasteiger partial charge in [-0.05, 0) is 110 Å². The number of aliphatic hydroxyl groups excluding tert-OH is 6. The number of aliphatic carboxylic acids is 2. The quantitative estimate of drug-likeness (QED) is 0.106. The van der Waals surface area contributed by atoms with Gasteiger partial charge in [-0.2, -0.15) is 0 Å². The molecule has 322 valence electrons. The fourth-order valence-corrected chi connectivity index (χ4v) is 13.4. The maximum absolute atomic E-state index is 14.8. The Labute approximate surface area is 382 Å². The van der Waals surface area contributed by atoms with Gasteiger partial charge in [-0.25, -0.2) is 0 Å². The van der Waals surface area contributed by atoms with Crippen molar-refractivity contribution in [2.45, 2.75) is 174 Å². The largest absolute Gasteiger partial charge is 1.00 e. The summed E-state index contributed by atoms with van der Waals surface area (Å²) in [6.07, 6.45) is -10.2. The number of carboxylic acids is 2. The topological polar surface area (TPSA) is 253 Å². The van der Waals surface area contributed by atoms with Crippen LogP contribution in [0.3, 0.4) is 0 Å². The SMILES string of the molecule is CC1(C)[C@@H](O[C@H]2O[C@H](C(=O)[O-])[C@@H](O)[C@H](O)[C@H]2O[C@@H]2O[C@H](CO)[C@@H](O)[C@H](O)[C@H]2O)CC[C@]2(C)[C@H]3C(=O)C=C4[C@@H]5C[C@@](C)(C(=O)O)CC[C@]5(C)CC[C@@]4(C)[C@]3(C)CC[C@@H]12.[K+]. The first-order valence-electron chi connectivity index (χ1n) is 20.7. The number of rotatable bonds is 7. The van der Waals surface area contributed by atoms with Crippen LogP contribution in [0.1, 0.15) is 106 Å². The maximum Gasteiger partial charge on any atom is 1.00 e. The molecule has 2 saturated heterocycles. The molecule has 16 heteroatoms. The van der Waals surface area contributed by atoms with Gasteiger partial charge < -0.3 is 64.6 Å². The Balaban J connectivity index is 0.00000567. The number of fused-ring (bicyclic) bond motifs is 7. The summed E-state index contributed by atoms with van der Waals surface area (Å²) in [4.78, 5) is 39.4. The number of allylic oxidation sites excluding steroid dienone is 2. The molecule has 58 heavy (non-hydrogen) atoms. The minimum Gasteiger partial charge on any atom is -0.547 e. The second kappa shape index (κ2) is 16.0. The van der Waals surface area contributed by atoms with Crippen LogP contribution in [0.4, 0.5) is 0 Å². The molecule has 0 spiro atoms. The summed E-state index contributed by atoms with van der Waals surface area (Å²) in [5.41, 5.74) is -1.68. The predicted octanol–water partition coefficient (Wildman–Crippen LogP) is -2.18. The molecule has 7 rings (SSSR count). The molecule has 7 N–H and O–H groups in total. The van der Waals surface area contributed by atoms with Crippen molar-refractivity contribution in [2.75, 3.05) is 6.61 Å². The van der Waals surface area contributed by atoms with Gasteiger partial charge in [0.05, 0.1) is 24.1 Å². The number of ketones is 1. The van der Waals surface area contributed by atoms with Crippen molar-refractivity contribution in [2.24, 2.45) is 50.2 Å². The fourth-order valence-electron chi connectivity index (χ4n) is 13.4. The molecule has 0 aromatic rings. The third kappa shape index (κ3) is 7.02. The van der Waals surface area contributed by atoms with Crippen LogP contribution in [0.15, 0.2) is 11.6 Å². The third-order valence-corrected chi connectivity index (χ3v) is 17.2. The number of aliphatic hydroxyl groups is 6. The van der Waals surface area contributed by atoms with Gasteiger partial charge >= 0.3 is 57.4 Å². The molecular weight excluding hydrogens is 784 g/mol. The first-order valence-corrected chi connectivity index (χ1v) is 20.7. The summed E-state index contributed by atoms with van der Waals surface area (Å²) in [7, 11) is 0. The molecule has 2 aliphatic heterocycles. The molecule has 0 aromatic carbocycles. The zero-order valence-corrected chi connectivity index (χ0v) is 38.3. The molecular formula is C42H63KO15. The van der Waals surface area contributed by atoms with Crippen LogP contribution in [0.5, 0.6) is 0 Å². The van der Waals surface area contributed by atoms with Gasteiger partial charge in [0.1, 0.15) is 48.8 Å². The first-order chi connectivity index (χ1) is 26.4. The fraction of sp³-hybridized carbons (Fsp3) is 0.881. The normalized spacial score (nSPS) is 52.4. The third-order valence-electron chi connectivity index (χ3n) is 17.2. The van der Waals surface area contributed by atoms with Gasteiger partial charge in [-0.15, -0.1) is 0 Å². The Morgan fingerprint density at radius 2 is 1.47 bits per heavy atom. The molecule has 4 saturated carbocycles. The van der Waals surface area contributed by atoms with E-state index in [0.717, 1.165) is 37.7 Å². The molecule has 7 aliphatic rings. The van der Waals surface area contributed by atoms with Gasteiger partial charge in [-0.1, -0.05) is 47.1 Å². The zero-order valence-electron chi connectivity index (χ0n) is 35.1. The van der Waals surface area contributed by atoms with Crippen molar-refractivity contribution in [3.05, 3.63) is 11.6 Å². The van der Waals surface area contributed by atoms with Crippen molar-refractivity contribution in [3.8, 4) is 0 Å². The van der Waals surface area contributed by atoms with Crippen LogP contribution >= 0.6 is 0 Å². The van der Waals surface area contributed by atoms with Crippen molar-refractivity contribution < 1.29 is 126 Å². The molecule has 0 radical (unpaired) electrons. The second-order valence-electron chi connectivity index (χ2n) is 20.6. The van der Waals surface area contributed by atoms with Crippen LogP contribution in [0, 0.1) is 50.2 Å². The average molecular weight is 847 g/mol. The Hall–Kier alpha value is -0.414. The summed E-state index contributed by atoms with van der Waals surface area (Å²) in [5.74, 6) is -2.91. The van der Waals surface area contributed by atoms with Gasteiger partial charge in [0, 0.05) is 5.92 Å². The minimum atomic E-state index is -2.04. The molecule has 0 bridgehead atoms. The maximum atomic E-state index is 14.8. The Bertz CT molecular complexity index is 1650.